The van der Waals surface area contributed by atoms with Crippen molar-refractivity contribution in [3.8, 4) is 0 Å². The summed E-state index contributed by atoms with van der Waals surface area (Å²) in [6.07, 6.45) is 0. The number of rotatable bonds is 3. The molecule has 0 amide bonds. The zero-order valence-electron chi connectivity index (χ0n) is 12.1. The Morgan fingerprint density at radius 2 is 1.95 bits per heavy atom. The molecule has 3 rings (SSSR count). The van der Waals surface area contributed by atoms with E-state index in [-0.39, 0.29) is 5.82 Å². The van der Waals surface area contributed by atoms with Crippen LogP contribution in [0.25, 0.3) is 10.2 Å². The molecule has 0 aliphatic heterocycles. The van der Waals surface area contributed by atoms with Crippen molar-refractivity contribution in [1.29, 1.82) is 0 Å². The number of hydrogen-bond acceptors (Lipinski definition) is 4. The van der Waals surface area contributed by atoms with E-state index >= 15 is 0 Å². The number of benzene rings is 2. The smallest absolute Gasteiger partial charge is 0.188 e. The van der Waals surface area contributed by atoms with E-state index in [9.17, 15) is 4.39 Å². The Bertz CT molecular complexity index is 795. The lowest BCUT2D eigenvalue weighted by Crippen LogP contribution is -2.10. The van der Waals surface area contributed by atoms with Gasteiger partial charge in [-0.15, -0.1) is 0 Å². The molecule has 0 saturated heterocycles. The van der Waals surface area contributed by atoms with Gasteiger partial charge in [0.25, 0.3) is 0 Å². The van der Waals surface area contributed by atoms with Gasteiger partial charge in [0.15, 0.2) is 5.13 Å². The van der Waals surface area contributed by atoms with Crippen molar-refractivity contribution in [2.75, 3.05) is 24.3 Å². The number of nitrogens with one attached hydrogen (secondary N) is 1. The topological polar surface area (TPSA) is 28.2 Å². The summed E-state index contributed by atoms with van der Waals surface area (Å²) in [6.45, 7) is 2.08. The molecule has 1 N–H and O–H groups in total. The van der Waals surface area contributed by atoms with Crippen molar-refractivity contribution in [2.45, 2.75) is 6.92 Å². The Kier molecular flexibility index (Phi) is 3.51. The van der Waals surface area contributed by atoms with E-state index in [0.717, 1.165) is 21.2 Å². The van der Waals surface area contributed by atoms with Crippen molar-refractivity contribution in [2.24, 2.45) is 0 Å². The van der Waals surface area contributed by atoms with Crippen LogP contribution in [0.3, 0.4) is 0 Å². The molecule has 0 saturated carbocycles. The summed E-state index contributed by atoms with van der Waals surface area (Å²) in [5, 5.41) is 4.06. The first-order chi connectivity index (χ1) is 10.0. The standard InChI is InChI=1S/C16H16FN3S/c1-10-4-6-12(9-14(10)20(2)3)18-16-19-13-8-11(17)5-7-15(13)21-16/h4-9H,1-3H3,(H,18,19). The average Bonchev–Trinajstić information content (AvgIpc) is 2.82. The van der Waals surface area contributed by atoms with Gasteiger partial charge < -0.3 is 10.2 Å². The van der Waals surface area contributed by atoms with Crippen LogP contribution in [-0.4, -0.2) is 19.1 Å². The highest BCUT2D eigenvalue weighted by molar-refractivity contribution is 7.22. The van der Waals surface area contributed by atoms with E-state index in [4.69, 9.17) is 0 Å². The Morgan fingerprint density at radius 3 is 2.71 bits per heavy atom. The molecule has 0 bridgehead atoms. The molecule has 2 aromatic carbocycles. The van der Waals surface area contributed by atoms with Crippen molar-refractivity contribution in [1.82, 2.24) is 4.98 Å². The van der Waals surface area contributed by atoms with Crippen LogP contribution in [0.5, 0.6) is 0 Å². The first-order valence-corrected chi connectivity index (χ1v) is 7.46. The first kappa shape index (κ1) is 13.8. The summed E-state index contributed by atoms with van der Waals surface area (Å²) >= 11 is 1.52. The highest BCUT2D eigenvalue weighted by atomic mass is 32.1. The lowest BCUT2D eigenvalue weighted by atomic mass is 10.1. The van der Waals surface area contributed by atoms with Crippen LogP contribution in [0.2, 0.25) is 0 Å². The fourth-order valence-corrected chi connectivity index (χ4v) is 3.11. The molecule has 0 atom stereocenters. The third kappa shape index (κ3) is 2.83. The number of aryl methyl sites for hydroxylation is 1. The van der Waals surface area contributed by atoms with Gasteiger partial charge in [-0.1, -0.05) is 17.4 Å². The quantitative estimate of drug-likeness (QED) is 0.769. The van der Waals surface area contributed by atoms with Crippen LogP contribution in [0, 0.1) is 12.7 Å². The summed E-state index contributed by atoms with van der Waals surface area (Å²) in [4.78, 5) is 6.50. The van der Waals surface area contributed by atoms with E-state index in [1.807, 2.05) is 20.2 Å². The SMILES string of the molecule is Cc1ccc(Nc2nc3cc(F)ccc3s2)cc1N(C)C. The molecule has 21 heavy (non-hydrogen) atoms. The predicted molar refractivity (Wildman–Crippen MR) is 88.4 cm³/mol. The zero-order valence-corrected chi connectivity index (χ0v) is 13.0. The van der Waals surface area contributed by atoms with Crippen LogP contribution in [0.1, 0.15) is 5.56 Å². The molecule has 3 aromatic rings. The molecule has 5 heteroatoms. The molecule has 0 spiro atoms. The van der Waals surface area contributed by atoms with Crippen LogP contribution < -0.4 is 10.2 Å². The number of halogens is 1. The Hall–Kier alpha value is -2.14. The fourth-order valence-electron chi connectivity index (χ4n) is 2.25. The zero-order chi connectivity index (χ0) is 15.0. The van der Waals surface area contributed by atoms with Gasteiger partial charge in [-0.05, 0) is 36.8 Å². The maximum Gasteiger partial charge on any atom is 0.188 e. The van der Waals surface area contributed by atoms with Crippen molar-refractivity contribution >= 4 is 38.1 Å². The largest absolute Gasteiger partial charge is 0.377 e. The first-order valence-electron chi connectivity index (χ1n) is 6.64. The monoisotopic (exact) mass is 301 g/mol. The van der Waals surface area contributed by atoms with E-state index in [1.54, 1.807) is 6.07 Å². The molecule has 0 aliphatic rings. The molecule has 3 nitrogen and oxygen atoms in total. The van der Waals surface area contributed by atoms with E-state index < -0.39 is 0 Å². The predicted octanol–water partition coefficient (Wildman–Crippen LogP) is 4.55. The molecular weight excluding hydrogens is 285 g/mol. The minimum atomic E-state index is -0.260. The third-order valence-electron chi connectivity index (χ3n) is 3.29. The van der Waals surface area contributed by atoms with Gasteiger partial charge >= 0.3 is 0 Å². The molecular formula is C16H16FN3S. The number of thiazole rings is 1. The van der Waals surface area contributed by atoms with Gasteiger partial charge in [0, 0.05) is 31.5 Å². The van der Waals surface area contributed by atoms with Gasteiger partial charge in [-0.25, -0.2) is 9.37 Å². The molecule has 0 fully saturated rings. The molecule has 0 radical (unpaired) electrons. The molecule has 1 aromatic heterocycles. The Balaban J connectivity index is 1.93. The van der Waals surface area contributed by atoms with Gasteiger partial charge in [0.1, 0.15) is 5.82 Å². The van der Waals surface area contributed by atoms with E-state index in [2.05, 4.69) is 34.3 Å². The summed E-state index contributed by atoms with van der Waals surface area (Å²) < 4.78 is 14.2. The van der Waals surface area contributed by atoms with E-state index in [1.165, 1.54) is 29.0 Å². The summed E-state index contributed by atoms with van der Waals surface area (Å²) in [7, 11) is 4.04. The third-order valence-corrected chi connectivity index (χ3v) is 4.24. The minimum absolute atomic E-state index is 0.260. The fraction of sp³-hybridized carbons (Fsp3) is 0.188. The number of nitrogens with zero attached hydrogens (tertiary/aromatic N) is 2. The lowest BCUT2D eigenvalue weighted by molar-refractivity contribution is 0.629. The van der Waals surface area contributed by atoms with Crippen LogP contribution in [0.15, 0.2) is 36.4 Å². The Morgan fingerprint density at radius 1 is 1.14 bits per heavy atom. The van der Waals surface area contributed by atoms with E-state index in [0.29, 0.717) is 5.52 Å². The summed E-state index contributed by atoms with van der Waals surface area (Å²) in [6, 6.07) is 10.9. The highest BCUT2D eigenvalue weighted by Gasteiger charge is 2.07. The summed E-state index contributed by atoms with van der Waals surface area (Å²) in [5.41, 5.74) is 4.04. The lowest BCUT2D eigenvalue weighted by Gasteiger charge is -2.16. The maximum atomic E-state index is 13.2. The van der Waals surface area contributed by atoms with Gasteiger partial charge in [0.05, 0.1) is 10.2 Å². The van der Waals surface area contributed by atoms with Gasteiger partial charge in [-0.2, -0.15) is 0 Å². The molecule has 0 unspecified atom stereocenters. The summed E-state index contributed by atoms with van der Waals surface area (Å²) in [5.74, 6) is -0.260. The van der Waals surface area contributed by atoms with Crippen molar-refractivity contribution in [3.63, 3.8) is 0 Å². The highest BCUT2D eigenvalue weighted by Crippen LogP contribution is 2.30. The average molecular weight is 301 g/mol. The van der Waals surface area contributed by atoms with Gasteiger partial charge in [0.2, 0.25) is 0 Å². The second-order valence-electron chi connectivity index (χ2n) is 5.15. The second kappa shape index (κ2) is 5.33. The van der Waals surface area contributed by atoms with Crippen molar-refractivity contribution in [3.05, 3.63) is 47.8 Å². The van der Waals surface area contributed by atoms with Crippen LogP contribution in [0.4, 0.5) is 20.9 Å². The minimum Gasteiger partial charge on any atom is -0.377 e. The maximum absolute atomic E-state index is 13.2. The number of fused-ring (bicyclic) bond motifs is 1. The van der Waals surface area contributed by atoms with Crippen LogP contribution >= 0.6 is 11.3 Å². The molecule has 1 heterocycles. The molecule has 108 valence electrons. The Labute approximate surface area is 127 Å². The number of hydrogen-bond donors (Lipinski definition) is 1. The second-order valence-corrected chi connectivity index (χ2v) is 6.18. The van der Waals surface area contributed by atoms with Crippen molar-refractivity contribution < 1.29 is 4.39 Å². The number of aromatic nitrogens is 1. The normalized spacial score (nSPS) is 10.9. The van der Waals surface area contributed by atoms with Gasteiger partial charge in [-0.3, -0.25) is 0 Å². The van der Waals surface area contributed by atoms with Crippen LogP contribution in [-0.2, 0) is 0 Å². The number of anilines is 3. The molecule has 0 aliphatic carbocycles.